The van der Waals surface area contributed by atoms with E-state index in [-0.39, 0.29) is 45.0 Å². The lowest BCUT2D eigenvalue weighted by Crippen LogP contribution is -2.67. The molecule has 0 aromatic heterocycles. The van der Waals surface area contributed by atoms with E-state index in [1.54, 1.807) is 0 Å². The van der Waals surface area contributed by atoms with E-state index in [9.17, 15) is 14.7 Å². The molecular weight excluding hydrogens is 568 g/mol. The SMILES string of the molecule is C=C(C)C1CCC2(C(=O)NCCc3cccc(C(=O)NCC)c3)CCC3(C)C(CCC4C5(C)CCC(O)C(C)(C)C5CCC43C)C12. The van der Waals surface area contributed by atoms with Crippen LogP contribution in [0.4, 0.5) is 0 Å². The van der Waals surface area contributed by atoms with E-state index in [2.05, 4.69) is 64.8 Å². The lowest BCUT2D eigenvalue weighted by molar-refractivity contribution is -0.246. The van der Waals surface area contributed by atoms with E-state index in [0.717, 1.165) is 50.5 Å². The van der Waals surface area contributed by atoms with Crippen LogP contribution in [0.2, 0.25) is 0 Å². The molecule has 0 heterocycles. The van der Waals surface area contributed by atoms with Gasteiger partial charge in [-0.1, -0.05) is 58.9 Å². The van der Waals surface area contributed by atoms with Crippen LogP contribution in [0.3, 0.4) is 0 Å². The minimum absolute atomic E-state index is 0.0361. The Labute approximate surface area is 279 Å². The topological polar surface area (TPSA) is 78.4 Å². The average Bonchev–Trinajstić information content (AvgIpc) is 3.41. The maximum atomic E-state index is 14.5. The fourth-order valence-corrected chi connectivity index (χ4v) is 13.2. The lowest BCUT2D eigenvalue weighted by atomic mass is 9.32. The Morgan fingerprint density at radius 1 is 0.891 bits per heavy atom. The summed E-state index contributed by atoms with van der Waals surface area (Å²) in [4.78, 5) is 26.9. The highest BCUT2D eigenvalue weighted by Gasteiger charge is 2.71. The van der Waals surface area contributed by atoms with Crippen LogP contribution in [0.25, 0.3) is 0 Å². The first kappa shape index (κ1) is 33.7. The fourth-order valence-electron chi connectivity index (χ4n) is 13.2. The highest BCUT2D eigenvalue weighted by atomic mass is 16.3. The summed E-state index contributed by atoms with van der Waals surface area (Å²) in [5, 5.41) is 17.4. The van der Waals surface area contributed by atoms with Crippen molar-refractivity contribution in [1.29, 1.82) is 0 Å². The van der Waals surface area contributed by atoms with E-state index in [1.165, 1.54) is 31.3 Å². The molecule has 5 aliphatic rings. The van der Waals surface area contributed by atoms with Crippen molar-refractivity contribution in [1.82, 2.24) is 10.6 Å². The molecule has 5 aliphatic carbocycles. The molecule has 5 heteroatoms. The molecule has 5 nitrogen and oxygen atoms in total. The second-order valence-corrected chi connectivity index (χ2v) is 17.8. The highest BCUT2D eigenvalue weighted by molar-refractivity contribution is 5.94. The summed E-state index contributed by atoms with van der Waals surface area (Å²) in [5.41, 5.74) is 3.34. The van der Waals surface area contributed by atoms with Crippen molar-refractivity contribution in [3.8, 4) is 0 Å². The number of nitrogens with one attached hydrogen (secondary N) is 2. The van der Waals surface area contributed by atoms with Gasteiger partial charge in [-0.15, -0.1) is 0 Å². The first-order chi connectivity index (χ1) is 21.7. The zero-order valence-electron chi connectivity index (χ0n) is 29.9. The summed E-state index contributed by atoms with van der Waals surface area (Å²) < 4.78 is 0. The van der Waals surface area contributed by atoms with Gasteiger partial charge in [0.05, 0.1) is 11.5 Å². The van der Waals surface area contributed by atoms with Crippen LogP contribution in [-0.4, -0.2) is 36.1 Å². The number of fused-ring (bicyclic) bond motifs is 7. The van der Waals surface area contributed by atoms with Gasteiger partial charge in [0.25, 0.3) is 5.91 Å². The Hall–Kier alpha value is -2.14. The molecule has 10 unspecified atom stereocenters. The standard InChI is InChI=1S/C41H62N2O3/c1-9-42-35(45)28-12-10-11-27(25-28)18-24-43-36(46)41-21-15-29(26(2)3)34(41)30-13-14-32-38(6)19-17-33(44)37(4,5)31(38)16-20-40(32,8)39(30,7)22-23-41/h10-12,25,29-34,44H,2,9,13-24H2,1,3-8H3,(H,42,45)(H,43,46). The Balaban J connectivity index is 1.24. The Morgan fingerprint density at radius 3 is 2.37 bits per heavy atom. The molecule has 1 aromatic rings. The summed E-state index contributed by atoms with van der Waals surface area (Å²) in [6, 6.07) is 7.80. The number of carbonyl (C=O) groups excluding carboxylic acids is 2. The predicted octanol–water partition coefficient (Wildman–Crippen LogP) is 8.11. The third-order valence-corrected chi connectivity index (χ3v) is 15.7. The molecule has 6 rings (SSSR count). The molecule has 10 atom stereocenters. The van der Waals surface area contributed by atoms with E-state index in [1.807, 2.05) is 25.1 Å². The van der Waals surface area contributed by atoms with Crippen LogP contribution in [0, 0.1) is 56.7 Å². The molecule has 46 heavy (non-hydrogen) atoms. The number of aliphatic hydroxyl groups is 1. The largest absolute Gasteiger partial charge is 0.393 e. The van der Waals surface area contributed by atoms with E-state index < -0.39 is 0 Å². The normalized spacial score (nSPS) is 42.5. The highest BCUT2D eigenvalue weighted by Crippen LogP contribution is 2.77. The average molecular weight is 631 g/mol. The van der Waals surface area contributed by atoms with Crippen LogP contribution in [0.5, 0.6) is 0 Å². The molecule has 5 saturated carbocycles. The molecule has 0 saturated heterocycles. The van der Waals surface area contributed by atoms with Gasteiger partial charge < -0.3 is 15.7 Å². The van der Waals surface area contributed by atoms with Gasteiger partial charge in [0.1, 0.15) is 0 Å². The Kier molecular flexibility index (Phi) is 8.64. The molecular formula is C41H62N2O3. The van der Waals surface area contributed by atoms with Crippen molar-refractivity contribution in [3.05, 3.63) is 47.5 Å². The van der Waals surface area contributed by atoms with Crippen molar-refractivity contribution in [2.75, 3.05) is 13.1 Å². The minimum atomic E-state index is -0.322. The molecule has 254 valence electrons. The Morgan fingerprint density at radius 2 is 1.65 bits per heavy atom. The van der Waals surface area contributed by atoms with E-state index in [4.69, 9.17) is 0 Å². The summed E-state index contributed by atoms with van der Waals surface area (Å²) in [5.74, 6) is 2.70. The summed E-state index contributed by atoms with van der Waals surface area (Å²) >= 11 is 0. The van der Waals surface area contributed by atoms with Gasteiger partial charge in [-0.25, -0.2) is 0 Å². The second kappa shape index (κ2) is 11.8. The van der Waals surface area contributed by atoms with E-state index in [0.29, 0.717) is 48.2 Å². The van der Waals surface area contributed by atoms with Crippen molar-refractivity contribution < 1.29 is 14.7 Å². The third kappa shape index (κ3) is 4.86. The van der Waals surface area contributed by atoms with Crippen LogP contribution >= 0.6 is 0 Å². The van der Waals surface area contributed by atoms with Crippen molar-refractivity contribution in [3.63, 3.8) is 0 Å². The van der Waals surface area contributed by atoms with Gasteiger partial charge in [-0.3, -0.25) is 9.59 Å². The first-order valence-electron chi connectivity index (χ1n) is 18.6. The maximum absolute atomic E-state index is 14.5. The van der Waals surface area contributed by atoms with Gasteiger partial charge in [-0.2, -0.15) is 0 Å². The second-order valence-electron chi connectivity index (χ2n) is 17.8. The number of hydrogen-bond acceptors (Lipinski definition) is 3. The van der Waals surface area contributed by atoms with Crippen molar-refractivity contribution >= 4 is 11.8 Å². The maximum Gasteiger partial charge on any atom is 0.251 e. The number of rotatable bonds is 7. The molecule has 0 bridgehead atoms. The fraction of sp³-hybridized carbons (Fsp3) is 0.756. The minimum Gasteiger partial charge on any atom is -0.393 e. The molecule has 5 fully saturated rings. The number of carbonyl (C=O) groups is 2. The summed E-state index contributed by atoms with van der Waals surface area (Å²) in [6.07, 6.45) is 11.6. The number of hydrogen-bond donors (Lipinski definition) is 3. The zero-order valence-corrected chi connectivity index (χ0v) is 29.9. The van der Waals surface area contributed by atoms with Crippen LogP contribution < -0.4 is 10.6 Å². The van der Waals surface area contributed by atoms with Crippen molar-refractivity contribution in [2.45, 2.75) is 125 Å². The quantitative estimate of drug-likeness (QED) is 0.266. The third-order valence-electron chi connectivity index (χ3n) is 15.7. The molecule has 2 amide bonds. The van der Waals surface area contributed by atoms with Gasteiger partial charge in [0, 0.05) is 18.7 Å². The van der Waals surface area contributed by atoms with Crippen molar-refractivity contribution in [2.24, 2.45) is 56.7 Å². The molecule has 0 aliphatic heterocycles. The number of aliphatic hydroxyl groups excluding tert-OH is 1. The van der Waals surface area contributed by atoms with Gasteiger partial charge in [0.2, 0.25) is 5.91 Å². The predicted molar refractivity (Wildman–Crippen MR) is 186 cm³/mol. The molecule has 3 N–H and O–H groups in total. The number of allylic oxidation sites excluding steroid dienone is 1. The van der Waals surface area contributed by atoms with Gasteiger partial charge in [0.15, 0.2) is 0 Å². The summed E-state index contributed by atoms with van der Waals surface area (Å²) in [7, 11) is 0. The first-order valence-corrected chi connectivity index (χ1v) is 18.6. The van der Waals surface area contributed by atoms with Gasteiger partial charge >= 0.3 is 0 Å². The number of benzene rings is 1. The van der Waals surface area contributed by atoms with Crippen LogP contribution in [0.1, 0.15) is 129 Å². The Bertz CT molecular complexity index is 1370. The monoisotopic (exact) mass is 630 g/mol. The molecule has 1 aromatic carbocycles. The molecule has 0 spiro atoms. The summed E-state index contributed by atoms with van der Waals surface area (Å²) in [6.45, 7) is 22.4. The molecule has 0 radical (unpaired) electrons. The van der Waals surface area contributed by atoms with E-state index >= 15 is 0 Å². The zero-order chi connectivity index (χ0) is 33.3. The van der Waals surface area contributed by atoms with Gasteiger partial charge in [-0.05, 0) is 153 Å². The smallest absolute Gasteiger partial charge is 0.251 e. The van der Waals surface area contributed by atoms with Crippen LogP contribution in [0.15, 0.2) is 36.4 Å². The number of amides is 2. The van der Waals surface area contributed by atoms with Crippen LogP contribution in [-0.2, 0) is 11.2 Å². The lowest BCUT2D eigenvalue weighted by Gasteiger charge is -2.72.